The van der Waals surface area contributed by atoms with Gasteiger partial charge < -0.3 is 15.4 Å². The number of carbonyl (C=O) groups is 1. The van der Waals surface area contributed by atoms with E-state index in [1.165, 1.54) is 4.90 Å². The largest absolute Gasteiger partial charge is 0.445 e. The highest BCUT2D eigenvalue weighted by atomic mass is 16.6. The second-order valence-electron chi connectivity index (χ2n) is 4.64. The van der Waals surface area contributed by atoms with Crippen LogP contribution in [0.15, 0.2) is 36.5 Å². The Labute approximate surface area is 123 Å². The average molecular weight is 289 g/mol. The van der Waals surface area contributed by atoms with Crippen molar-refractivity contribution in [3.05, 3.63) is 47.8 Å². The fourth-order valence-corrected chi connectivity index (χ4v) is 1.71. The summed E-state index contributed by atoms with van der Waals surface area (Å²) in [5.41, 5.74) is 7.15. The summed E-state index contributed by atoms with van der Waals surface area (Å²) >= 11 is 0. The number of benzene rings is 1. The number of likely N-dealkylation sites (N-methyl/N-ethyl adjacent to an activating group) is 1. The summed E-state index contributed by atoms with van der Waals surface area (Å²) in [7, 11) is 1.69. The van der Waals surface area contributed by atoms with E-state index >= 15 is 0 Å². The van der Waals surface area contributed by atoms with E-state index in [4.69, 9.17) is 10.5 Å². The number of hydrogen-bond donors (Lipinski definition) is 1. The van der Waals surface area contributed by atoms with Crippen molar-refractivity contribution < 1.29 is 9.53 Å². The molecule has 0 atom stereocenters. The van der Waals surface area contributed by atoms with Crippen LogP contribution in [0.3, 0.4) is 0 Å². The van der Waals surface area contributed by atoms with Gasteiger partial charge in [0.15, 0.2) is 0 Å². The summed E-state index contributed by atoms with van der Waals surface area (Å²) in [4.78, 5) is 13.3. The first-order valence-electron chi connectivity index (χ1n) is 6.70. The Bertz CT molecular complexity index is 570. The quantitative estimate of drug-likeness (QED) is 0.857. The van der Waals surface area contributed by atoms with Crippen molar-refractivity contribution in [2.45, 2.75) is 19.7 Å². The first-order valence-corrected chi connectivity index (χ1v) is 6.70. The van der Waals surface area contributed by atoms with E-state index < -0.39 is 0 Å². The summed E-state index contributed by atoms with van der Waals surface area (Å²) in [5, 5.41) is 7.81. The highest BCUT2D eigenvalue weighted by molar-refractivity contribution is 5.67. The Morgan fingerprint density at radius 1 is 1.38 bits per heavy atom. The van der Waals surface area contributed by atoms with Crippen molar-refractivity contribution in [1.82, 2.24) is 19.9 Å². The Balaban J connectivity index is 1.74. The van der Waals surface area contributed by atoms with Crippen molar-refractivity contribution in [3.63, 3.8) is 0 Å². The number of carbonyl (C=O) groups excluding carboxylic acids is 1. The van der Waals surface area contributed by atoms with Gasteiger partial charge in [-0.25, -0.2) is 4.79 Å². The van der Waals surface area contributed by atoms with Gasteiger partial charge in [0.1, 0.15) is 6.61 Å². The molecule has 0 saturated carbocycles. The molecular weight excluding hydrogens is 270 g/mol. The molecule has 0 saturated heterocycles. The lowest BCUT2D eigenvalue weighted by atomic mass is 10.2. The van der Waals surface area contributed by atoms with Gasteiger partial charge >= 0.3 is 6.09 Å². The number of aromatic nitrogens is 3. The van der Waals surface area contributed by atoms with Gasteiger partial charge in [-0.3, -0.25) is 4.68 Å². The van der Waals surface area contributed by atoms with Gasteiger partial charge in [-0.05, 0) is 5.56 Å². The number of ether oxygens (including phenoxy) is 1. The number of nitrogens with two attached hydrogens (primary N) is 1. The Kier molecular flexibility index (Phi) is 5.28. The van der Waals surface area contributed by atoms with E-state index in [9.17, 15) is 4.79 Å². The van der Waals surface area contributed by atoms with E-state index in [0.29, 0.717) is 19.6 Å². The van der Waals surface area contributed by atoms with Crippen LogP contribution in [-0.4, -0.2) is 39.6 Å². The lowest BCUT2D eigenvalue weighted by molar-refractivity contribution is 0.103. The Morgan fingerprint density at radius 3 is 2.81 bits per heavy atom. The summed E-state index contributed by atoms with van der Waals surface area (Å²) < 4.78 is 6.88. The molecule has 1 aromatic heterocycles. The molecule has 2 rings (SSSR count). The maximum Gasteiger partial charge on any atom is 0.409 e. The van der Waals surface area contributed by atoms with Gasteiger partial charge in [0.2, 0.25) is 0 Å². The molecule has 0 radical (unpaired) electrons. The van der Waals surface area contributed by atoms with Crippen molar-refractivity contribution in [3.8, 4) is 0 Å². The summed E-state index contributed by atoms with van der Waals surface area (Å²) in [5.74, 6) is 0. The van der Waals surface area contributed by atoms with Gasteiger partial charge in [0, 0.05) is 26.3 Å². The third-order valence-corrected chi connectivity index (χ3v) is 2.98. The molecule has 0 bridgehead atoms. The van der Waals surface area contributed by atoms with Crippen molar-refractivity contribution in [2.75, 3.05) is 13.6 Å². The van der Waals surface area contributed by atoms with Gasteiger partial charge in [0.25, 0.3) is 0 Å². The second-order valence-corrected chi connectivity index (χ2v) is 4.64. The number of nitrogens with zero attached hydrogens (tertiary/aromatic N) is 4. The first kappa shape index (κ1) is 15.0. The minimum Gasteiger partial charge on any atom is -0.445 e. The molecular formula is C14H19N5O2. The minimum atomic E-state index is -0.363. The fraction of sp³-hybridized carbons (Fsp3) is 0.357. The molecule has 0 spiro atoms. The zero-order valence-electron chi connectivity index (χ0n) is 12.0. The smallest absolute Gasteiger partial charge is 0.409 e. The molecule has 0 aliphatic carbocycles. The predicted molar refractivity (Wildman–Crippen MR) is 77.2 cm³/mol. The SMILES string of the molecule is CN(CCn1cc(CN)nn1)C(=O)OCc1ccccc1. The topological polar surface area (TPSA) is 86.3 Å². The molecule has 2 N–H and O–H groups in total. The van der Waals surface area contributed by atoms with Gasteiger partial charge in [-0.15, -0.1) is 5.10 Å². The summed E-state index contributed by atoms with van der Waals surface area (Å²) in [6.45, 7) is 1.66. The highest BCUT2D eigenvalue weighted by Gasteiger charge is 2.10. The van der Waals surface area contributed by atoms with Crippen LogP contribution in [0.2, 0.25) is 0 Å². The van der Waals surface area contributed by atoms with Crippen molar-refractivity contribution in [2.24, 2.45) is 5.73 Å². The predicted octanol–water partition coefficient (Wildman–Crippen LogP) is 1.01. The molecule has 7 nitrogen and oxygen atoms in total. The van der Waals surface area contributed by atoms with E-state index in [1.807, 2.05) is 30.3 Å². The second kappa shape index (κ2) is 7.39. The van der Waals surface area contributed by atoms with Crippen molar-refractivity contribution >= 4 is 6.09 Å². The van der Waals surface area contributed by atoms with Crippen LogP contribution in [0.5, 0.6) is 0 Å². The monoisotopic (exact) mass is 289 g/mol. The lowest BCUT2D eigenvalue weighted by Gasteiger charge is -2.16. The normalized spacial score (nSPS) is 10.4. The maximum absolute atomic E-state index is 11.8. The molecule has 0 aliphatic rings. The minimum absolute atomic E-state index is 0.269. The number of hydrogen-bond acceptors (Lipinski definition) is 5. The van der Waals surface area contributed by atoms with E-state index in [2.05, 4.69) is 10.3 Å². The van der Waals surface area contributed by atoms with E-state index in [1.54, 1.807) is 17.9 Å². The third kappa shape index (κ3) is 4.57. The standard InChI is InChI=1S/C14H19N5O2/c1-18(7-8-19-10-13(9-15)16-17-19)14(20)21-11-12-5-3-2-4-6-12/h2-6,10H,7-9,11,15H2,1H3. The van der Waals surface area contributed by atoms with Crippen LogP contribution < -0.4 is 5.73 Å². The molecule has 0 unspecified atom stereocenters. The zero-order valence-corrected chi connectivity index (χ0v) is 12.0. The first-order chi connectivity index (χ1) is 10.2. The van der Waals surface area contributed by atoms with E-state index in [-0.39, 0.29) is 12.7 Å². The van der Waals surface area contributed by atoms with Gasteiger partial charge in [-0.1, -0.05) is 35.5 Å². The average Bonchev–Trinajstić information content (AvgIpc) is 2.99. The molecule has 0 fully saturated rings. The number of rotatable bonds is 6. The summed E-state index contributed by atoms with van der Waals surface area (Å²) in [6, 6.07) is 9.57. The molecule has 1 aromatic carbocycles. The highest BCUT2D eigenvalue weighted by Crippen LogP contribution is 2.02. The fourth-order valence-electron chi connectivity index (χ4n) is 1.71. The van der Waals surface area contributed by atoms with Crippen LogP contribution in [0, 0.1) is 0 Å². The molecule has 2 aromatic rings. The van der Waals surface area contributed by atoms with Gasteiger partial charge in [0.05, 0.1) is 12.2 Å². The molecule has 1 heterocycles. The van der Waals surface area contributed by atoms with Crippen molar-refractivity contribution in [1.29, 1.82) is 0 Å². The maximum atomic E-state index is 11.8. The lowest BCUT2D eigenvalue weighted by Crippen LogP contribution is -2.30. The number of amides is 1. The molecule has 1 amide bonds. The Hall–Kier alpha value is -2.41. The van der Waals surface area contributed by atoms with E-state index in [0.717, 1.165) is 11.3 Å². The van der Waals surface area contributed by atoms with Crippen LogP contribution >= 0.6 is 0 Å². The zero-order chi connectivity index (χ0) is 15.1. The molecule has 112 valence electrons. The summed E-state index contributed by atoms with van der Waals surface area (Å²) in [6.07, 6.45) is 1.40. The van der Waals surface area contributed by atoms with Crippen LogP contribution in [0.25, 0.3) is 0 Å². The van der Waals surface area contributed by atoms with Crippen LogP contribution in [-0.2, 0) is 24.4 Å². The Morgan fingerprint density at radius 2 is 2.14 bits per heavy atom. The van der Waals surface area contributed by atoms with Crippen LogP contribution in [0.4, 0.5) is 4.79 Å². The van der Waals surface area contributed by atoms with Crippen LogP contribution in [0.1, 0.15) is 11.3 Å². The molecule has 0 aliphatic heterocycles. The van der Waals surface area contributed by atoms with Gasteiger partial charge in [-0.2, -0.15) is 0 Å². The third-order valence-electron chi connectivity index (χ3n) is 2.98. The molecule has 7 heteroatoms. The molecule has 21 heavy (non-hydrogen) atoms.